The number of aliphatic carboxylic acids is 1. The third-order valence-electron chi connectivity index (χ3n) is 2.88. The lowest BCUT2D eigenvalue weighted by molar-refractivity contribution is -0.137. The highest BCUT2D eigenvalue weighted by Crippen LogP contribution is 2.29. The van der Waals surface area contributed by atoms with Crippen molar-refractivity contribution >= 4 is 32.5 Å². The van der Waals surface area contributed by atoms with Gasteiger partial charge in [-0.1, -0.05) is 6.92 Å². The van der Waals surface area contributed by atoms with Crippen molar-refractivity contribution in [3.05, 3.63) is 11.1 Å². The zero-order valence-electron chi connectivity index (χ0n) is 10.6. The number of aromatic nitrogens is 1. The van der Waals surface area contributed by atoms with Crippen molar-refractivity contribution in [1.82, 2.24) is 4.98 Å². The molecule has 8 heteroatoms. The van der Waals surface area contributed by atoms with Crippen LogP contribution in [0.2, 0.25) is 0 Å². The van der Waals surface area contributed by atoms with Crippen LogP contribution in [-0.4, -0.2) is 36.8 Å². The Hall–Kier alpha value is -1.15. The third kappa shape index (κ3) is 3.44. The van der Waals surface area contributed by atoms with E-state index in [-0.39, 0.29) is 18.1 Å². The van der Waals surface area contributed by atoms with E-state index in [1.54, 1.807) is 5.38 Å². The maximum absolute atomic E-state index is 11.9. The monoisotopic (exact) mass is 304 g/mol. The van der Waals surface area contributed by atoms with Crippen molar-refractivity contribution in [3.63, 3.8) is 0 Å². The maximum atomic E-state index is 11.9. The minimum Gasteiger partial charge on any atom is -0.481 e. The van der Waals surface area contributed by atoms with Crippen molar-refractivity contribution in [3.8, 4) is 0 Å². The van der Waals surface area contributed by atoms with Crippen molar-refractivity contribution in [1.29, 1.82) is 0 Å². The Morgan fingerprint density at radius 2 is 2.37 bits per heavy atom. The number of sulfonamides is 1. The summed E-state index contributed by atoms with van der Waals surface area (Å²) < 4.78 is 25.2. The van der Waals surface area contributed by atoms with E-state index in [9.17, 15) is 13.2 Å². The van der Waals surface area contributed by atoms with E-state index in [1.165, 1.54) is 15.6 Å². The van der Waals surface area contributed by atoms with Gasteiger partial charge in [0.1, 0.15) is 0 Å². The summed E-state index contributed by atoms with van der Waals surface area (Å²) in [4.78, 5) is 14.7. The summed E-state index contributed by atoms with van der Waals surface area (Å²) in [6.45, 7) is 2.38. The van der Waals surface area contributed by atoms with Gasteiger partial charge in [0.2, 0.25) is 10.0 Å². The van der Waals surface area contributed by atoms with E-state index in [0.717, 1.165) is 5.69 Å². The van der Waals surface area contributed by atoms with Crippen LogP contribution in [-0.2, 0) is 21.2 Å². The maximum Gasteiger partial charge on any atom is 0.303 e. The molecule has 2 rings (SSSR count). The van der Waals surface area contributed by atoms with Crippen LogP contribution in [0.15, 0.2) is 5.38 Å². The molecule has 1 N–H and O–H groups in total. The molecule has 0 amide bonds. The SMILES string of the molecule is CC1CN(c2nc(CCCC(=O)O)cs2)S(=O)(=O)C1. The Kier molecular flexibility index (Phi) is 4.10. The summed E-state index contributed by atoms with van der Waals surface area (Å²) in [5.41, 5.74) is 0.760. The van der Waals surface area contributed by atoms with Crippen molar-refractivity contribution in [2.75, 3.05) is 16.6 Å². The van der Waals surface area contributed by atoms with Gasteiger partial charge in [-0.25, -0.2) is 17.7 Å². The number of hydrogen-bond donors (Lipinski definition) is 1. The van der Waals surface area contributed by atoms with E-state index in [4.69, 9.17) is 5.11 Å². The topological polar surface area (TPSA) is 87.6 Å². The van der Waals surface area contributed by atoms with Gasteiger partial charge in [0.25, 0.3) is 0 Å². The molecule has 1 aliphatic rings. The molecular weight excluding hydrogens is 288 g/mol. The predicted molar refractivity (Wildman–Crippen MR) is 73.0 cm³/mol. The molecule has 0 aromatic carbocycles. The van der Waals surface area contributed by atoms with Gasteiger partial charge in [0.15, 0.2) is 5.13 Å². The minimum absolute atomic E-state index is 0.103. The molecule has 1 aliphatic heterocycles. The van der Waals surface area contributed by atoms with Gasteiger partial charge in [0.05, 0.1) is 11.4 Å². The van der Waals surface area contributed by atoms with Crippen LogP contribution in [0.3, 0.4) is 0 Å². The zero-order valence-corrected chi connectivity index (χ0v) is 12.2. The van der Waals surface area contributed by atoms with Crippen LogP contribution in [0, 0.1) is 5.92 Å². The van der Waals surface area contributed by atoms with Gasteiger partial charge in [-0.2, -0.15) is 0 Å². The molecule has 0 bridgehead atoms. The lowest BCUT2D eigenvalue weighted by Crippen LogP contribution is -2.25. The van der Waals surface area contributed by atoms with Crippen LogP contribution in [0.4, 0.5) is 5.13 Å². The number of nitrogens with zero attached hydrogens (tertiary/aromatic N) is 2. The Morgan fingerprint density at radius 1 is 1.63 bits per heavy atom. The molecule has 1 fully saturated rings. The largest absolute Gasteiger partial charge is 0.481 e. The van der Waals surface area contributed by atoms with Gasteiger partial charge in [0, 0.05) is 18.3 Å². The first-order chi connectivity index (χ1) is 8.88. The van der Waals surface area contributed by atoms with Crippen molar-refractivity contribution in [2.45, 2.75) is 26.2 Å². The van der Waals surface area contributed by atoms with Crippen LogP contribution in [0.5, 0.6) is 0 Å². The first kappa shape index (κ1) is 14.3. The zero-order chi connectivity index (χ0) is 14.0. The number of rotatable bonds is 5. The number of thiazole rings is 1. The van der Waals surface area contributed by atoms with E-state index >= 15 is 0 Å². The summed E-state index contributed by atoms with van der Waals surface area (Å²) in [7, 11) is -3.22. The van der Waals surface area contributed by atoms with Gasteiger partial charge < -0.3 is 5.11 Å². The number of anilines is 1. The molecule has 0 saturated carbocycles. The molecule has 1 unspecified atom stereocenters. The second kappa shape index (κ2) is 5.46. The van der Waals surface area contributed by atoms with E-state index in [2.05, 4.69) is 4.98 Å². The van der Waals surface area contributed by atoms with E-state index in [1.807, 2.05) is 6.92 Å². The average molecular weight is 304 g/mol. The van der Waals surface area contributed by atoms with Gasteiger partial charge in [-0.15, -0.1) is 11.3 Å². The second-order valence-electron chi connectivity index (χ2n) is 4.78. The van der Waals surface area contributed by atoms with Crippen LogP contribution >= 0.6 is 11.3 Å². The molecule has 0 aliphatic carbocycles. The van der Waals surface area contributed by atoms with Crippen molar-refractivity contribution in [2.24, 2.45) is 5.92 Å². The van der Waals surface area contributed by atoms with Gasteiger partial charge in [-0.3, -0.25) is 4.79 Å². The average Bonchev–Trinajstić information content (AvgIpc) is 2.82. The fourth-order valence-electron chi connectivity index (χ4n) is 2.04. The van der Waals surface area contributed by atoms with E-state index < -0.39 is 16.0 Å². The molecule has 6 nitrogen and oxygen atoms in total. The number of aryl methyl sites for hydroxylation is 1. The lowest BCUT2D eigenvalue weighted by atomic mass is 10.2. The molecule has 0 spiro atoms. The first-order valence-corrected chi connectivity index (χ1v) is 8.54. The summed E-state index contributed by atoms with van der Waals surface area (Å²) in [5, 5.41) is 10.9. The molecule has 1 atom stereocenters. The van der Waals surface area contributed by atoms with Crippen LogP contribution in [0.25, 0.3) is 0 Å². The smallest absolute Gasteiger partial charge is 0.303 e. The number of carboxylic acids is 1. The quantitative estimate of drug-likeness (QED) is 0.887. The fraction of sp³-hybridized carbons (Fsp3) is 0.636. The highest BCUT2D eigenvalue weighted by molar-refractivity contribution is 7.93. The van der Waals surface area contributed by atoms with Gasteiger partial charge in [-0.05, 0) is 18.8 Å². The highest BCUT2D eigenvalue weighted by Gasteiger charge is 2.35. The Bertz CT molecular complexity index is 567. The number of hydrogen-bond acceptors (Lipinski definition) is 5. The highest BCUT2D eigenvalue weighted by atomic mass is 32.2. The molecule has 1 saturated heterocycles. The molecule has 106 valence electrons. The summed E-state index contributed by atoms with van der Waals surface area (Å²) in [6, 6.07) is 0. The second-order valence-corrected chi connectivity index (χ2v) is 7.56. The van der Waals surface area contributed by atoms with Gasteiger partial charge >= 0.3 is 5.97 Å². The number of carbonyl (C=O) groups is 1. The van der Waals surface area contributed by atoms with Crippen LogP contribution < -0.4 is 4.31 Å². The van der Waals surface area contributed by atoms with Crippen molar-refractivity contribution < 1.29 is 18.3 Å². The summed E-state index contributed by atoms with van der Waals surface area (Å²) in [5.74, 6) is -0.545. The third-order valence-corrected chi connectivity index (χ3v) is 5.90. The summed E-state index contributed by atoms with van der Waals surface area (Å²) in [6.07, 6.45) is 1.18. The molecule has 1 aromatic rings. The fourth-order valence-corrected chi connectivity index (χ4v) is 5.05. The Morgan fingerprint density at radius 3 is 2.95 bits per heavy atom. The Labute approximate surface area is 116 Å². The van der Waals surface area contributed by atoms with E-state index in [0.29, 0.717) is 24.5 Å². The Balaban J connectivity index is 2.03. The normalized spacial score (nSPS) is 21.7. The first-order valence-electron chi connectivity index (χ1n) is 6.05. The molecule has 1 aromatic heterocycles. The predicted octanol–water partition coefficient (Wildman–Crippen LogP) is 1.34. The number of carboxylic acid groups (broad SMARTS) is 1. The minimum atomic E-state index is -3.22. The molecule has 0 radical (unpaired) electrons. The molecular formula is C11H16N2O4S2. The summed E-state index contributed by atoms with van der Waals surface area (Å²) >= 11 is 1.30. The standard InChI is InChI=1S/C11H16N2O4S2/c1-8-5-13(19(16,17)7-8)11-12-9(6-18-11)3-2-4-10(14)15/h6,8H,2-5,7H2,1H3,(H,14,15). The molecule has 2 heterocycles. The van der Waals surface area contributed by atoms with Crippen LogP contribution in [0.1, 0.15) is 25.5 Å². The lowest BCUT2D eigenvalue weighted by Gasteiger charge is -2.12. The molecule has 19 heavy (non-hydrogen) atoms.